The second kappa shape index (κ2) is 13.3. The minimum Gasteiger partial charge on any atom is -0.370 e. The second-order valence-corrected chi connectivity index (χ2v) is 9.66. The van der Waals surface area contributed by atoms with E-state index in [1.807, 2.05) is 54.6 Å². The second-order valence-electron chi connectivity index (χ2n) is 9.66. The number of carbonyl (C=O) groups excluding carboxylic acids is 4. The third-order valence-corrected chi connectivity index (χ3v) is 6.67. The lowest BCUT2D eigenvalue weighted by Gasteiger charge is -2.27. The molecule has 2 aromatic carbocycles. The summed E-state index contributed by atoms with van der Waals surface area (Å²) in [6, 6.07) is 13.9. The van der Waals surface area contributed by atoms with Gasteiger partial charge in [-0.2, -0.15) is 0 Å². The van der Waals surface area contributed by atoms with E-state index in [2.05, 4.69) is 31.2 Å². The maximum atomic E-state index is 13.5. The molecule has 0 bridgehead atoms. The highest BCUT2D eigenvalue weighted by Gasteiger charge is 2.31. The monoisotopic (exact) mass is 546 g/mol. The Morgan fingerprint density at radius 2 is 1.48 bits per heavy atom. The van der Waals surface area contributed by atoms with E-state index in [0.29, 0.717) is 6.42 Å². The smallest absolute Gasteiger partial charge is 0.243 e. The van der Waals surface area contributed by atoms with E-state index in [0.717, 1.165) is 22.0 Å². The van der Waals surface area contributed by atoms with Crippen molar-refractivity contribution >= 4 is 40.5 Å². The number of nitrogens with zero attached hydrogens (tertiary/aromatic N) is 1. The van der Waals surface area contributed by atoms with Crippen molar-refractivity contribution in [3.8, 4) is 0 Å². The summed E-state index contributed by atoms with van der Waals surface area (Å²) in [4.78, 5) is 60.0. The van der Waals surface area contributed by atoms with Crippen LogP contribution in [0, 0.1) is 0 Å². The first-order chi connectivity index (χ1) is 19.3. The summed E-state index contributed by atoms with van der Waals surface area (Å²) in [5.74, 6) is -2.15. The summed E-state index contributed by atoms with van der Waals surface area (Å²) in [6.07, 6.45) is 2.77. The number of aromatic nitrogens is 1. The Kier molecular flexibility index (Phi) is 9.34. The van der Waals surface area contributed by atoms with Crippen LogP contribution in [0.25, 0.3) is 10.9 Å². The van der Waals surface area contributed by atoms with Crippen LogP contribution in [0.15, 0.2) is 65.8 Å². The molecule has 4 rings (SSSR count). The van der Waals surface area contributed by atoms with Gasteiger partial charge in [0.15, 0.2) is 5.96 Å². The summed E-state index contributed by atoms with van der Waals surface area (Å²) >= 11 is 0. The molecule has 1 aliphatic rings. The molecule has 1 aromatic heterocycles. The van der Waals surface area contributed by atoms with Gasteiger partial charge in [0.05, 0.1) is 6.54 Å². The number of aromatic amines is 1. The number of guanidine groups is 1. The molecule has 3 atom stereocenters. The van der Waals surface area contributed by atoms with Crippen molar-refractivity contribution in [2.24, 2.45) is 16.5 Å². The average Bonchev–Trinajstić information content (AvgIpc) is 3.35. The van der Waals surface area contributed by atoms with Gasteiger partial charge < -0.3 is 37.7 Å². The van der Waals surface area contributed by atoms with Gasteiger partial charge in [0.25, 0.3) is 0 Å². The molecule has 40 heavy (non-hydrogen) atoms. The van der Waals surface area contributed by atoms with Gasteiger partial charge in [-0.05, 0) is 30.0 Å². The Bertz CT molecular complexity index is 1380. The lowest BCUT2D eigenvalue weighted by molar-refractivity contribution is -0.135. The van der Waals surface area contributed by atoms with Gasteiger partial charge in [0.1, 0.15) is 18.1 Å². The fourth-order valence-electron chi connectivity index (χ4n) is 4.64. The maximum Gasteiger partial charge on any atom is 0.243 e. The van der Waals surface area contributed by atoms with E-state index in [1.165, 1.54) is 0 Å². The summed E-state index contributed by atoms with van der Waals surface area (Å²) in [5.41, 5.74) is 13.4. The number of carbonyl (C=O) groups is 4. The fraction of sp³-hybridized carbons (Fsp3) is 0.321. The quantitative estimate of drug-likeness (QED) is 0.114. The Hall–Kier alpha value is -4.87. The van der Waals surface area contributed by atoms with Crippen molar-refractivity contribution in [1.29, 1.82) is 0 Å². The number of hydrogen-bond acceptors (Lipinski definition) is 5. The average molecular weight is 547 g/mol. The molecule has 1 fully saturated rings. The zero-order valence-corrected chi connectivity index (χ0v) is 22.0. The number of nitrogens with one attached hydrogen (secondary N) is 5. The number of benzene rings is 2. The Morgan fingerprint density at radius 3 is 2.25 bits per heavy atom. The molecule has 0 spiro atoms. The molecule has 12 heteroatoms. The number of H-pyrrole nitrogens is 1. The Labute approximate surface area is 231 Å². The number of rotatable bonds is 8. The molecule has 0 radical (unpaired) electrons. The van der Waals surface area contributed by atoms with E-state index in [1.54, 1.807) is 6.20 Å². The molecule has 0 saturated carbocycles. The van der Waals surface area contributed by atoms with Gasteiger partial charge in [-0.15, -0.1) is 0 Å². The number of nitrogens with two attached hydrogens (primary N) is 2. The van der Waals surface area contributed by atoms with Crippen molar-refractivity contribution in [3.63, 3.8) is 0 Å². The Balaban J connectivity index is 1.58. The first kappa shape index (κ1) is 28.1. The number of aliphatic imine (C=N–C) groups is 1. The highest BCUT2D eigenvalue weighted by atomic mass is 16.2. The SMILES string of the molecule is NC(N)=NCCC[C@@H]1NC(=O)[C@@H](Cc2ccccc2)NC(=O)CNC(=O)[C@@H](Cc2c[nH]c3ccccc23)NC1=O. The topological polar surface area (TPSA) is 197 Å². The van der Waals surface area contributed by atoms with Crippen LogP contribution in [0.3, 0.4) is 0 Å². The predicted octanol–water partition coefficient (Wildman–Crippen LogP) is -0.409. The molecule has 1 saturated heterocycles. The van der Waals surface area contributed by atoms with Gasteiger partial charge in [-0.1, -0.05) is 48.5 Å². The first-order valence-corrected chi connectivity index (χ1v) is 13.1. The van der Waals surface area contributed by atoms with Crippen molar-refractivity contribution in [1.82, 2.24) is 26.3 Å². The lowest BCUT2D eigenvalue weighted by Crippen LogP contribution is -2.60. The third kappa shape index (κ3) is 7.59. The van der Waals surface area contributed by atoms with Gasteiger partial charge >= 0.3 is 0 Å². The van der Waals surface area contributed by atoms with Crippen LogP contribution in [0.5, 0.6) is 0 Å². The van der Waals surface area contributed by atoms with Crippen LogP contribution >= 0.6 is 0 Å². The van der Waals surface area contributed by atoms with E-state index in [-0.39, 0.29) is 38.3 Å². The van der Waals surface area contributed by atoms with Crippen LogP contribution in [0.1, 0.15) is 24.0 Å². The van der Waals surface area contributed by atoms with Gasteiger partial charge in [0, 0.05) is 36.5 Å². The molecular formula is C28H34N8O4. The fourth-order valence-corrected chi connectivity index (χ4v) is 4.64. The van der Waals surface area contributed by atoms with Crippen LogP contribution < -0.4 is 32.7 Å². The van der Waals surface area contributed by atoms with E-state index >= 15 is 0 Å². The summed E-state index contributed by atoms with van der Waals surface area (Å²) < 4.78 is 0. The molecule has 1 aliphatic heterocycles. The number of amides is 4. The number of fused-ring (bicyclic) bond motifs is 1. The molecule has 12 nitrogen and oxygen atoms in total. The highest BCUT2D eigenvalue weighted by Crippen LogP contribution is 2.19. The minimum absolute atomic E-state index is 0.0757. The molecule has 0 unspecified atom stereocenters. The van der Waals surface area contributed by atoms with Crippen LogP contribution in [-0.4, -0.2) is 65.8 Å². The molecule has 210 valence electrons. The summed E-state index contributed by atoms with van der Waals surface area (Å²) in [6.45, 7) is -0.0922. The van der Waals surface area contributed by atoms with Crippen LogP contribution in [-0.2, 0) is 32.0 Å². The normalized spacial score (nSPS) is 20.4. The van der Waals surface area contributed by atoms with E-state index in [9.17, 15) is 19.2 Å². The Morgan fingerprint density at radius 1 is 0.800 bits per heavy atom. The van der Waals surface area contributed by atoms with Gasteiger partial charge in [-0.25, -0.2) is 0 Å². The largest absolute Gasteiger partial charge is 0.370 e. The molecule has 9 N–H and O–H groups in total. The number of hydrogen-bond donors (Lipinski definition) is 7. The van der Waals surface area contributed by atoms with Crippen molar-refractivity contribution in [2.75, 3.05) is 13.1 Å². The van der Waals surface area contributed by atoms with Gasteiger partial charge in [-0.3, -0.25) is 24.2 Å². The van der Waals surface area contributed by atoms with Crippen molar-refractivity contribution < 1.29 is 19.2 Å². The third-order valence-electron chi connectivity index (χ3n) is 6.67. The molecular weight excluding hydrogens is 512 g/mol. The molecule has 2 heterocycles. The van der Waals surface area contributed by atoms with Crippen LogP contribution in [0.4, 0.5) is 0 Å². The summed E-state index contributed by atoms with van der Waals surface area (Å²) in [7, 11) is 0. The standard InChI is InChI=1S/C28H34N8O4/c29-28(30)31-12-6-11-21-26(39)36-23(14-18-15-32-20-10-5-4-9-19(18)20)25(38)33-16-24(37)34-22(27(40)35-21)13-17-7-2-1-3-8-17/h1-5,7-10,15,21-23,32H,6,11-14,16H2,(H,33,38)(H,34,37)(H,35,40)(H,36,39)(H4,29,30,31)/t21-,22+,23+/m0/s1. The van der Waals surface area contributed by atoms with Gasteiger partial charge in [0.2, 0.25) is 23.6 Å². The first-order valence-electron chi connectivity index (χ1n) is 13.1. The van der Waals surface area contributed by atoms with E-state index < -0.39 is 41.8 Å². The highest BCUT2D eigenvalue weighted by molar-refractivity contribution is 5.97. The van der Waals surface area contributed by atoms with Crippen LogP contribution in [0.2, 0.25) is 0 Å². The van der Waals surface area contributed by atoms with Crippen molar-refractivity contribution in [3.05, 3.63) is 71.9 Å². The zero-order chi connectivity index (χ0) is 28.5. The van der Waals surface area contributed by atoms with Crippen molar-refractivity contribution in [2.45, 2.75) is 43.8 Å². The lowest BCUT2D eigenvalue weighted by atomic mass is 10.0. The molecule has 3 aromatic rings. The maximum absolute atomic E-state index is 13.5. The predicted molar refractivity (Wildman–Crippen MR) is 151 cm³/mol. The summed E-state index contributed by atoms with van der Waals surface area (Å²) in [5, 5.41) is 11.8. The molecule has 0 aliphatic carbocycles. The van der Waals surface area contributed by atoms with E-state index in [4.69, 9.17) is 11.5 Å². The minimum atomic E-state index is -0.991. The zero-order valence-electron chi connectivity index (χ0n) is 22.0. The molecule has 4 amide bonds. The number of para-hydroxylation sites is 1.